The number of anilines is 1. The number of carbonyl (C=O) groups is 2. The Balaban J connectivity index is 2.25. The van der Waals surface area contributed by atoms with Crippen molar-refractivity contribution in [3.8, 4) is 0 Å². The minimum absolute atomic E-state index is 0.221. The van der Waals surface area contributed by atoms with Crippen molar-refractivity contribution in [1.82, 2.24) is 0 Å². The molecule has 0 atom stereocenters. The van der Waals surface area contributed by atoms with E-state index in [2.05, 4.69) is 15.9 Å². The lowest BCUT2D eigenvalue weighted by Gasteiger charge is -2.20. The Hall–Kier alpha value is -2.05. The van der Waals surface area contributed by atoms with Crippen LogP contribution >= 0.6 is 27.7 Å². The maximum absolute atomic E-state index is 12.8. The summed E-state index contributed by atoms with van der Waals surface area (Å²) in [5.41, 5.74) is 2.17. The summed E-state index contributed by atoms with van der Waals surface area (Å²) >= 11 is 4.88. The van der Waals surface area contributed by atoms with Gasteiger partial charge in [-0.2, -0.15) is 0 Å². The second-order valence-corrected chi connectivity index (χ2v) is 6.63. The number of aliphatic carboxylic acids is 1. The first-order valence-electron chi connectivity index (χ1n) is 6.75. The van der Waals surface area contributed by atoms with E-state index in [-0.39, 0.29) is 5.91 Å². The van der Waals surface area contributed by atoms with Crippen molar-refractivity contribution in [3.63, 3.8) is 0 Å². The van der Waals surface area contributed by atoms with E-state index in [1.807, 2.05) is 30.5 Å². The van der Waals surface area contributed by atoms with E-state index in [0.717, 1.165) is 15.4 Å². The van der Waals surface area contributed by atoms with Crippen LogP contribution in [0, 0.1) is 0 Å². The zero-order valence-corrected chi connectivity index (χ0v) is 14.5. The quantitative estimate of drug-likeness (QED) is 0.629. The first kappa shape index (κ1) is 15.8. The van der Waals surface area contributed by atoms with Crippen LogP contribution in [-0.4, -0.2) is 23.2 Å². The molecule has 0 saturated heterocycles. The van der Waals surface area contributed by atoms with Crippen molar-refractivity contribution < 1.29 is 14.7 Å². The van der Waals surface area contributed by atoms with Crippen molar-refractivity contribution >= 4 is 51.0 Å². The SMILES string of the molecule is CSc1ccccc1N1C(=O)c2ccc(Br)cc2/C1=C\C(=O)O. The minimum atomic E-state index is -1.09. The Morgan fingerprint density at radius 1 is 1.22 bits per heavy atom. The number of hydrogen-bond donors (Lipinski definition) is 1. The third kappa shape index (κ3) is 2.80. The normalized spacial score (nSPS) is 15.1. The maximum Gasteiger partial charge on any atom is 0.330 e. The molecule has 0 aliphatic carbocycles. The molecule has 0 radical (unpaired) electrons. The van der Waals surface area contributed by atoms with Crippen molar-refractivity contribution in [2.45, 2.75) is 4.90 Å². The third-order valence-corrected chi connectivity index (χ3v) is 4.80. The second kappa shape index (κ2) is 6.22. The van der Waals surface area contributed by atoms with Gasteiger partial charge in [0.05, 0.1) is 11.4 Å². The van der Waals surface area contributed by atoms with E-state index in [1.54, 1.807) is 18.2 Å². The summed E-state index contributed by atoms with van der Waals surface area (Å²) in [6, 6.07) is 12.7. The maximum atomic E-state index is 12.8. The van der Waals surface area contributed by atoms with E-state index in [9.17, 15) is 14.7 Å². The largest absolute Gasteiger partial charge is 0.478 e. The van der Waals surface area contributed by atoms with Gasteiger partial charge in [-0.25, -0.2) is 4.79 Å². The molecule has 0 fully saturated rings. The van der Waals surface area contributed by atoms with Gasteiger partial charge in [-0.05, 0) is 36.6 Å². The monoisotopic (exact) mass is 389 g/mol. The number of para-hydroxylation sites is 1. The highest BCUT2D eigenvalue weighted by atomic mass is 79.9. The van der Waals surface area contributed by atoms with E-state index in [0.29, 0.717) is 22.5 Å². The van der Waals surface area contributed by atoms with E-state index in [1.165, 1.54) is 16.7 Å². The summed E-state index contributed by atoms with van der Waals surface area (Å²) in [5, 5.41) is 9.21. The predicted octanol–water partition coefficient (Wildman–Crippen LogP) is 4.26. The van der Waals surface area contributed by atoms with Crippen LogP contribution in [0.15, 0.2) is 57.9 Å². The van der Waals surface area contributed by atoms with Gasteiger partial charge in [0.15, 0.2) is 0 Å². The van der Waals surface area contributed by atoms with E-state index < -0.39 is 5.97 Å². The molecule has 0 aromatic heterocycles. The molecule has 116 valence electrons. The number of rotatable bonds is 3. The molecule has 1 heterocycles. The zero-order chi connectivity index (χ0) is 16.6. The number of amides is 1. The molecule has 2 aromatic rings. The number of hydrogen-bond acceptors (Lipinski definition) is 3. The molecule has 0 spiro atoms. The van der Waals surface area contributed by atoms with E-state index in [4.69, 9.17) is 0 Å². The lowest BCUT2D eigenvalue weighted by atomic mass is 10.1. The van der Waals surface area contributed by atoms with Crippen LogP contribution in [0.25, 0.3) is 5.70 Å². The van der Waals surface area contributed by atoms with Crippen LogP contribution in [0.5, 0.6) is 0 Å². The fourth-order valence-electron chi connectivity index (χ4n) is 2.58. The van der Waals surface area contributed by atoms with Gasteiger partial charge >= 0.3 is 5.97 Å². The number of benzene rings is 2. The van der Waals surface area contributed by atoms with Gasteiger partial charge in [0.2, 0.25) is 0 Å². The van der Waals surface area contributed by atoms with Gasteiger partial charge in [0.25, 0.3) is 5.91 Å². The molecule has 0 bridgehead atoms. The average molecular weight is 390 g/mol. The van der Waals surface area contributed by atoms with Gasteiger partial charge in [-0.1, -0.05) is 28.1 Å². The van der Waals surface area contributed by atoms with Crippen LogP contribution in [0.1, 0.15) is 15.9 Å². The number of nitrogens with zero attached hydrogens (tertiary/aromatic N) is 1. The number of fused-ring (bicyclic) bond motifs is 1. The Kier molecular flexibility index (Phi) is 4.28. The van der Waals surface area contributed by atoms with Gasteiger partial charge in [0, 0.05) is 26.6 Å². The molecular weight excluding hydrogens is 378 g/mol. The van der Waals surface area contributed by atoms with Crippen LogP contribution in [-0.2, 0) is 4.79 Å². The smallest absolute Gasteiger partial charge is 0.330 e. The van der Waals surface area contributed by atoms with Gasteiger partial charge < -0.3 is 5.11 Å². The van der Waals surface area contributed by atoms with Gasteiger partial charge in [-0.3, -0.25) is 9.69 Å². The molecule has 3 rings (SSSR count). The molecule has 4 nitrogen and oxygen atoms in total. The zero-order valence-electron chi connectivity index (χ0n) is 12.1. The first-order chi connectivity index (χ1) is 11.0. The van der Waals surface area contributed by atoms with Crippen molar-refractivity contribution in [2.24, 2.45) is 0 Å². The standard InChI is InChI=1S/C17H12BrNO3S/c1-23-15-5-3-2-4-13(15)19-14(9-16(20)21)12-8-10(18)6-7-11(12)17(19)22/h2-9H,1H3,(H,20,21)/b14-9+. The molecule has 1 aliphatic rings. The predicted molar refractivity (Wildman–Crippen MR) is 94.8 cm³/mol. The van der Waals surface area contributed by atoms with Gasteiger partial charge in [-0.15, -0.1) is 11.8 Å². The fourth-order valence-corrected chi connectivity index (χ4v) is 3.52. The second-order valence-electron chi connectivity index (χ2n) is 4.87. The number of halogens is 1. The number of carboxylic acid groups (broad SMARTS) is 1. The molecule has 6 heteroatoms. The Labute approximate surface area is 145 Å². The highest BCUT2D eigenvalue weighted by molar-refractivity contribution is 9.10. The third-order valence-electron chi connectivity index (χ3n) is 3.52. The van der Waals surface area contributed by atoms with Crippen LogP contribution in [0.3, 0.4) is 0 Å². The van der Waals surface area contributed by atoms with E-state index >= 15 is 0 Å². The highest BCUT2D eigenvalue weighted by Gasteiger charge is 2.35. The molecule has 2 aromatic carbocycles. The Morgan fingerprint density at radius 2 is 1.96 bits per heavy atom. The Morgan fingerprint density at radius 3 is 2.65 bits per heavy atom. The van der Waals surface area contributed by atoms with Crippen LogP contribution < -0.4 is 4.90 Å². The van der Waals surface area contributed by atoms with Crippen LogP contribution in [0.2, 0.25) is 0 Å². The molecule has 1 aliphatic heterocycles. The summed E-state index contributed by atoms with van der Waals surface area (Å²) in [6.07, 6.45) is 3.00. The molecule has 1 amide bonds. The summed E-state index contributed by atoms with van der Waals surface area (Å²) in [6.45, 7) is 0. The van der Waals surface area contributed by atoms with Crippen molar-refractivity contribution in [3.05, 3.63) is 64.1 Å². The van der Waals surface area contributed by atoms with Crippen molar-refractivity contribution in [1.29, 1.82) is 0 Å². The topological polar surface area (TPSA) is 57.6 Å². The molecular formula is C17H12BrNO3S. The van der Waals surface area contributed by atoms with Crippen LogP contribution in [0.4, 0.5) is 5.69 Å². The molecule has 23 heavy (non-hydrogen) atoms. The fraction of sp³-hybridized carbons (Fsp3) is 0.0588. The Bertz CT molecular complexity index is 847. The molecule has 0 saturated carbocycles. The summed E-state index contributed by atoms with van der Waals surface area (Å²) in [7, 11) is 0. The first-order valence-corrected chi connectivity index (χ1v) is 8.76. The van der Waals surface area contributed by atoms with Gasteiger partial charge in [0.1, 0.15) is 0 Å². The highest BCUT2D eigenvalue weighted by Crippen LogP contribution is 2.41. The lowest BCUT2D eigenvalue weighted by Crippen LogP contribution is -2.23. The molecule has 0 unspecified atom stereocenters. The summed E-state index contributed by atoms with van der Waals surface area (Å²) < 4.78 is 0.792. The van der Waals surface area contributed by atoms with Crippen molar-refractivity contribution in [2.75, 3.05) is 11.2 Å². The number of thioether (sulfide) groups is 1. The average Bonchev–Trinajstić information content (AvgIpc) is 2.78. The summed E-state index contributed by atoms with van der Waals surface area (Å²) in [4.78, 5) is 26.5. The number of carboxylic acids is 1. The summed E-state index contributed by atoms with van der Waals surface area (Å²) in [5.74, 6) is -1.31. The minimum Gasteiger partial charge on any atom is -0.478 e. The number of carbonyl (C=O) groups excluding carboxylic acids is 1. The lowest BCUT2D eigenvalue weighted by molar-refractivity contribution is -0.131. The molecule has 1 N–H and O–H groups in total.